The third-order valence-corrected chi connectivity index (χ3v) is 7.59. The summed E-state index contributed by atoms with van der Waals surface area (Å²) in [5, 5.41) is 9.16. The standard InChI is InChI=1S/C31H31N5O5/c1-18-14-20(31(38)36(3)10-11-37)16-34-28(18)26-15-24-29(41-26)27(22(17-33-24)19-4-5-19)23-6-7-25(30(32-2)35-23)40-21-8-12-39-13-9-21/h6-7,14-17,19,21,37H,4-5,8-13H2,1,3H3. The number of carbonyl (C=O) groups is 1. The molecule has 0 atom stereocenters. The van der Waals surface area contributed by atoms with E-state index in [9.17, 15) is 4.79 Å². The van der Waals surface area contributed by atoms with E-state index in [-0.39, 0.29) is 31.0 Å². The van der Waals surface area contributed by atoms with Gasteiger partial charge in [-0.3, -0.25) is 14.8 Å². The molecule has 1 saturated heterocycles. The summed E-state index contributed by atoms with van der Waals surface area (Å²) in [5.74, 6) is 1.39. The van der Waals surface area contributed by atoms with Crippen molar-refractivity contribution in [3.05, 3.63) is 64.8 Å². The van der Waals surface area contributed by atoms with Crippen molar-refractivity contribution >= 4 is 22.8 Å². The Morgan fingerprint density at radius 3 is 2.68 bits per heavy atom. The van der Waals surface area contributed by atoms with E-state index >= 15 is 0 Å². The molecular weight excluding hydrogens is 522 g/mol. The van der Waals surface area contributed by atoms with Gasteiger partial charge in [0.25, 0.3) is 5.91 Å². The second kappa shape index (κ2) is 11.3. The second-order valence-corrected chi connectivity index (χ2v) is 10.6. The van der Waals surface area contributed by atoms with Gasteiger partial charge in [0.2, 0.25) is 0 Å². The average Bonchev–Trinajstić information content (AvgIpc) is 3.75. The van der Waals surface area contributed by atoms with Crippen LogP contribution in [0.25, 0.3) is 38.7 Å². The quantitative estimate of drug-likeness (QED) is 0.292. The summed E-state index contributed by atoms with van der Waals surface area (Å²) in [7, 11) is 1.64. The van der Waals surface area contributed by atoms with Crippen molar-refractivity contribution < 1.29 is 23.8 Å². The Morgan fingerprint density at radius 2 is 1.98 bits per heavy atom. The van der Waals surface area contributed by atoms with Crippen molar-refractivity contribution in [1.82, 2.24) is 19.9 Å². The van der Waals surface area contributed by atoms with Gasteiger partial charge in [0.05, 0.1) is 30.9 Å². The monoisotopic (exact) mass is 553 g/mol. The molecule has 1 aliphatic carbocycles. The van der Waals surface area contributed by atoms with Gasteiger partial charge >= 0.3 is 5.82 Å². The van der Waals surface area contributed by atoms with Gasteiger partial charge in [-0.1, -0.05) is 6.57 Å². The molecule has 0 bridgehead atoms. The van der Waals surface area contributed by atoms with E-state index in [0.29, 0.717) is 58.7 Å². The number of hydrogen-bond donors (Lipinski definition) is 1. The van der Waals surface area contributed by atoms with E-state index < -0.39 is 0 Å². The molecule has 10 heteroatoms. The Hall–Kier alpha value is -4.33. The lowest BCUT2D eigenvalue weighted by Crippen LogP contribution is -2.29. The Morgan fingerprint density at radius 1 is 1.17 bits per heavy atom. The highest BCUT2D eigenvalue weighted by atomic mass is 16.5. The van der Waals surface area contributed by atoms with Crippen LogP contribution in [0, 0.1) is 13.5 Å². The summed E-state index contributed by atoms with van der Waals surface area (Å²) in [5.41, 5.74) is 5.61. The number of amides is 1. The van der Waals surface area contributed by atoms with Crippen molar-refractivity contribution in [2.45, 2.75) is 44.6 Å². The van der Waals surface area contributed by atoms with Crippen molar-refractivity contribution in [2.75, 3.05) is 33.4 Å². The number of aryl methyl sites for hydroxylation is 1. The van der Waals surface area contributed by atoms with Gasteiger partial charge in [-0.2, -0.15) is 0 Å². The number of aliphatic hydroxyl groups is 1. The van der Waals surface area contributed by atoms with Gasteiger partial charge in [-0.25, -0.2) is 0 Å². The first-order valence-electron chi connectivity index (χ1n) is 13.9. The van der Waals surface area contributed by atoms with Crippen LogP contribution in [0.2, 0.25) is 0 Å². The zero-order chi connectivity index (χ0) is 28.5. The number of aliphatic hydroxyl groups excluding tert-OH is 1. The smallest absolute Gasteiger partial charge is 0.312 e. The molecule has 1 N–H and O–H groups in total. The molecule has 5 heterocycles. The van der Waals surface area contributed by atoms with E-state index in [0.717, 1.165) is 42.4 Å². The van der Waals surface area contributed by atoms with Crippen molar-refractivity contribution in [1.29, 1.82) is 0 Å². The van der Waals surface area contributed by atoms with Gasteiger partial charge in [-0.05, 0) is 55.0 Å². The van der Waals surface area contributed by atoms with Gasteiger partial charge in [0.1, 0.15) is 23.1 Å². The number of furan rings is 1. The van der Waals surface area contributed by atoms with Crippen molar-refractivity contribution in [2.24, 2.45) is 0 Å². The Labute approximate surface area is 237 Å². The van der Waals surface area contributed by atoms with Crippen molar-refractivity contribution in [3.63, 3.8) is 0 Å². The molecule has 210 valence electrons. The molecular formula is C31H31N5O5. The fourth-order valence-electron chi connectivity index (χ4n) is 5.22. The van der Waals surface area contributed by atoms with Crippen LogP contribution < -0.4 is 4.74 Å². The molecule has 2 aliphatic rings. The highest BCUT2D eigenvalue weighted by Crippen LogP contribution is 2.47. The normalized spacial score (nSPS) is 15.6. The van der Waals surface area contributed by atoms with Gasteiger partial charge in [-0.15, -0.1) is 4.98 Å². The van der Waals surface area contributed by atoms with Crippen LogP contribution in [0.15, 0.2) is 41.1 Å². The first-order chi connectivity index (χ1) is 20.0. The molecule has 1 aliphatic heterocycles. The minimum Gasteiger partial charge on any atom is -0.499 e. The summed E-state index contributed by atoms with van der Waals surface area (Å²) in [4.78, 5) is 31.8. The fraction of sp³-hybridized carbons (Fsp3) is 0.387. The first kappa shape index (κ1) is 26.9. The van der Waals surface area contributed by atoms with Crippen LogP contribution in [0.1, 0.15) is 53.1 Å². The number of hydrogen-bond acceptors (Lipinski definition) is 8. The van der Waals surface area contributed by atoms with Gasteiger partial charge < -0.3 is 28.7 Å². The van der Waals surface area contributed by atoms with Crippen LogP contribution in [-0.4, -0.2) is 70.4 Å². The summed E-state index contributed by atoms with van der Waals surface area (Å²) < 4.78 is 18.0. The van der Waals surface area contributed by atoms with E-state index in [2.05, 4.69) is 9.83 Å². The minimum absolute atomic E-state index is 0.00619. The average molecular weight is 554 g/mol. The van der Waals surface area contributed by atoms with Crippen LogP contribution in [0.5, 0.6) is 5.75 Å². The molecule has 1 amide bonds. The maximum absolute atomic E-state index is 12.7. The second-order valence-electron chi connectivity index (χ2n) is 10.6. The Kier molecular flexibility index (Phi) is 7.39. The number of carbonyl (C=O) groups excluding carboxylic acids is 1. The number of nitrogens with zero attached hydrogens (tertiary/aromatic N) is 5. The number of pyridine rings is 3. The van der Waals surface area contributed by atoms with Crippen LogP contribution in [-0.2, 0) is 4.74 Å². The molecule has 0 spiro atoms. The Balaban J connectivity index is 1.38. The summed E-state index contributed by atoms with van der Waals surface area (Å²) >= 11 is 0. The lowest BCUT2D eigenvalue weighted by Gasteiger charge is -2.23. The highest BCUT2D eigenvalue weighted by Gasteiger charge is 2.32. The third-order valence-electron chi connectivity index (χ3n) is 7.59. The highest BCUT2D eigenvalue weighted by molar-refractivity contribution is 5.95. The number of aromatic nitrogens is 3. The molecule has 4 aromatic rings. The molecule has 2 fully saturated rings. The van der Waals surface area contributed by atoms with Gasteiger partial charge in [0, 0.05) is 44.9 Å². The van der Waals surface area contributed by atoms with Crippen LogP contribution in [0.4, 0.5) is 5.82 Å². The number of fused-ring (bicyclic) bond motifs is 1. The molecule has 10 nitrogen and oxygen atoms in total. The molecule has 0 unspecified atom stereocenters. The van der Waals surface area contributed by atoms with E-state index in [1.165, 1.54) is 11.1 Å². The van der Waals surface area contributed by atoms with Crippen LogP contribution >= 0.6 is 0 Å². The molecule has 4 aromatic heterocycles. The predicted molar refractivity (Wildman–Crippen MR) is 152 cm³/mol. The lowest BCUT2D eigenvalue weighted by atomic mass is 10.0. The zero-order valence-electron chi connectivity index (χ0n) is 23.1. The van der Waals surface area contributed by atoms with Crippen LogP contribution in [0.3, 0.4) is 0 Å². The summed E-state index contributed by atoms with van der Waals surface area (Å²) in [6.45, 7) is 11.1. The van der Waals surface area contributed by atoms with E-state index in [1.54, 1.807) is 13.1 Å². The predicted octanol–water partition coefficient (Wildman–Crippen LogP) is 5.31. The van der Waals surface area contributed by atoms with E-state index in [4.69, 9.17) is 35.5 Å². The summed E-state index contributed by atoms with van der Waals surface area (Å²) in [6, 6.07) is 7.34. The lowest BCUT2D eigenvalue weighted by molar-refractivity contribution is 0.0258. The van der Waals surface area contributed by atoms with E-state index in [1.807, 2.05) is 31.3 Å². The minimum atomic E-state index is -0.213. The Bertz CT molecular complexity index is 1650. The zero-order valence-corrected chi connectivity index (χ0v) is 23.1. The molecule has 6 rings (SSSR count). The number of rotatable bonds is 8. The fourth-order valence-corrected chi connectivity index (χ4v) is 5.22. The van der Waals surface area contributed by atoms with Gasteiger partial charge in [0.15, 0.2) is 17.0 Å². The SMILES string of the molecule is [C-]#[N+]c1nc(-c2c(C3CC3)cnc3cc(-c4ncc(C(=O)N(C)CCO)cc4C)oc23)ccc1OC1CCOCC1. The maximum Gasteiger partial charge on any atom is 0.312 e. The molecule has 1 saturated carbocycles. The van der Waals surface area contributed by atoms with Crippen molar-refractivity contribution in [3.8, 4) is 28.5 Å². The summed E-state index contributed by atoms with van der Waals surface area (Å²) in [6.07, 6.45) is 7.12. The molecule has 0 aromatic carbocycles. The molecule has 41 heavy (non-hydrogen) atoms. The topological polar surface area (TPSA) is 115 Å². The molecule has 0 radical (unpaired) electrons. The largest absolute Gasteiger partial charge is 0.499 e. The number of ether oxygens (including phenoxy) is 2. The first-order valence-corrected chi connectivity index (χ1v) is 13.9. The maximum atomic E-state index is 12.7. The number of likely N-dealkylation sites (N-methyl/N-ethyl adjacent to an activating group) is 1. The third kappa shape index (κ3) is 5.38.